The number of primary amides is 2. The summed E-state index contributed by atoms with van der Waals surface area (Å²) in [5, 5.41) is 15.1. The van der Waals surface area contributed by atoms with Crippen LogP contribution in [-0.4, -0.2) is 65.3 Å². The molecule has 278 valence electrons. The number of hydrogen-bond donors (Lipinski definition) is 3. The molecule has 0 aliphatic rings. The van der Waals surface area contributed by atoms with Crippen molar-refractivity contribution >= 4 is 59.1 Å². The first kappa shape index (κ1) is 39.6. The third-order valence-electron chi connectivity index (χ3n) is 8.57. The molecule has 0 unspecified atom stereocenters. The minimum Gasteiger partial charge on any atom is -0.491 e. The third kappa shape index (κ3) is 9.36. The summed E-state index contributed by atoms with van der Waals surface area (Å²) in [7, 11) is -1.97. The molecule has 0 saturated heterocycles. The first-order valence-corrected chi connectivity index (χ1v) is 20.3. The fourth-order valence-electron chi connectivity index (χ4n) is 4.74. The zero-order valence-corrected chi connectivity index (χ0v) is 32.1. The third-order valence-corrected chi connectivity index (χ3v) is 14.1. The quantitative estimate of drug-likeness (QED) is 0.0439. The second-order valence-electron chi connectivity index (χ2n) is 13.3. The maximum absolute atomic E-state index is 13.2. The van der Waals surface area contributed by atoms with Gasteiger partial charge in [0.1, 0.15) is 5.75 Å². The summed E-state index contributed by atoms with van der Waals surface area (Å²) in [6.07, 6.45) is 5.81. The van der Waals surface area contributed by atoms with Crippen LogP contribution >= 0.6 is 11.3 Å². The summed E-state index contributed by atoms with van der Waals surface area (Å²) in [6, 6.07) is 4.05. The fourth-order valence-corrected chi connectivity index (χ4v) is 6.87. The van der Waals surface area contributed by atoms with Crippen LogP contribution in [0, 0.1) is 17.0 Å². The second kappa shape index (κ2) is 16.4. The SMILES string of the molecule is CCc1nc(C)oc1C(=O)N=c1sc2cc(C(N)=O)cnc2n1C/C=C/CNc1c(OCCCO[Si](C)(C)C(C)(C)C)cc(C(N)=O)cc1[N+](=O)[O-]. The Morgan fingerprint density at radius 2 is 1.85 bits per heavy atom. The number of carbonyl (C=O) groups is 3. The smallest absolute Gasteiger partial charge is 0.317 e. The number of benzene rings is 1. The van der Waals surface area contributed by atoms with Crippen LogP contribution in [0.2, 0.25) is 18.1 Å². The maximum Gasteiger partial charge on any atom is 0.317 e. The predicted octanol–water partition coefficient (Wildman–Crippen LogP) is 5.26. The van der Waals surface area contributed by atoms with E-state index >= 15 is 0 Å². The lowest BCUT2D eigenvalue weighted by Crippen LogP contribution is -2.41. The van der Waals surface area contributed by atoms with Gasteiger partial charge in [0.25, 0.3) is 5.69 Å². The van der Waals surface area contributed by atoms with Crippen molar-refractivity contribution in [3.63, 3.8) is 0 Å². The van der Waals surface area contributed by atoms with Crippen LogP contribution in [0.1, 0.15) is 77.0 Å². The molecule has 0 radical (unpaired) electrons. The molecule has 0 aliphatic heterocycles. The molecule has 4 aromatic rings. The molecule has 0 aliphatic carbocycles. The van der Waals surface area contributed by atoms with Gasteiger partial charge in [-0.3, -0.25) is 29.1 Å². The number of pyridine rings is 1. The van der Waals surface area contributed by atoms with Gasteiger partial charge in [0.05, 0.1) is 27.5 Å². The first-order chi connectivity index (χ1) is 24.4. The van der Waals surface area contributed by atoms with Gasteiger partial charge in [-0.2, -0.15) is 4.99 Å². The molecule has 0 saturated carbocycles. The zero-order chi connectivity index (χ0) is 38.4. The Kier molecular flexibility index (Phi) is 12.5. The topological polar surface area (TPSA) is 233 Å². The van der Waals surface area contributed by atoms with Gasteiger partial charge in [0, 0.05) is 50.9 Å². The number of aryl methyl sites for hydroxylation is 2. The largest absolute Gasteiger partial charge is 0.491 e. The van der Waals surface area contributed by atoms with E-state index < -0.39 is 31.0 Å². The van der Waals surface area contributed by atoms with Crippen molar-refractivity contribution in [1.29, 1.82) is 0 Å². The number of amides is 3. The number of thiazole rings is 1. The number of fused-ring (bicyclic) bond motifs is 1. The van der Waals surface area contributed by atoms with Gasteiger partial charge in [0.2, 0.25) is 17.6 Å². The van der Waals surface area contributed by atoms with Gasteiger partial charge in [-0.1, -0.05) is 51.2 Å². The number of allylic oxidation sites excluding steroid dienone is 1. The van der Waals surface area contributed by atoms with Gasteiger partial charge in [-0.05, 0) is 36.7 Å². The Morgan fingerprint density at radius 1 is 1.13 bits per heavy atom. The molecule has 3 heterocycles. The Balaban J connectivity index is 1.57. The van der Waals surface area contributed by atoms with E-state index in [0.717, 1.165) is 17.4 Å². The highest BCUT2D eigenvalue weighted by Gasteiger charge is 2.36. The standard InChI is InChI=1S/C34H44N8O8SSi/c1-8-23-28(50-20(2)39-23)32(45)40-33-41(31-26(51-33)18-22(19-38-31)30(36)44)13-10-9-12-37-27-24(42(46)47)16-21(29(35)43)17-25(27)48-14-11-15-49-52(6,7)34(3,4)5/h9-10,16-19,37H,8,11-15H2,1-7H3,(H2,35,43)(H2,36,44)/b10-9+,40-33?. The summed E-state index contributed by atoms with van der Waals surface area (Å²) in [5.41, 5.74) is 11.7. The molecule has 0 spiro atoms. The van der Waals surface area contributed by atoms with E-state index in [1.165, 1.54) is 12.3 Å². The van der Waals surface area contributed by atoms with Crippen LogP contribution in [0.3, 0.4) is 0 Å². The number of nitro benzene ring substituents is 1. The predicted molar refractivity (Wildman–Crippen MR) is 199 cm³/mol. The first-order valence-electron chi connectivity index (χ1n) is 16.6. The molecule has 16 nitrogen and oxygen atoms in total. The van der Waals surface area contributed by atoms with E-state index in [4.69, 9.17) is 25.0 Å². The van der Waals surface area contributed by atoms with Crippen molar-refractivity contribution in [3.8, 4) is 5.75 Å². The van der Waals surface area contributed by atoms with Crippen LogP contribution in [-0.2, 0) is 17.4 Å². The van der Waals surface area contributed by atoms with E-state index in [0.29, 0.717) is 41.4 Å². The van der Waals surface area contributed by atoms with Crippen LogP contribution in [0.15, 0.2) is 46.0 Å². The lowest BCUT2D eigenvalue weighted by Gasteiger charge is -2.36. The molecule has 0 atom stereocenters. The Hall–Kier alpha value is -5.20. The molecule has 52 heavy (non-hydrogen) atoms. The molecule has 0 fully saturated rings. The number of ether oxygens (including phenoxy) is 1. The normalized spacial score (nSPS) is 12.5. The van der Waals surface area contributed by atoms with Crippen molar-refractivity contribution in [2.45, 2.75) is 72.1 Å². The number of nitrogens with two attached hydrogens (primary N) is 2. The number of oxazole rings is 1. The average molecular weight is 753 g/mol. The lowest BCUT2D eigenvalue weighted by molar-refractivity contribution is -0.384. The van der Waals surface area contributed by atoms with Crippen LogP contribution in [0.4, 0.5) is 11.4 Å². The summed E-state index contributed by atoms with van der Waals surface area (Å²) >= 11 is 1.14. The number of aromatic nitrogens is 3. The summed E-state index contributed by atoms with van der Waals surface area (Å²) < 4.78 is 19.9. The molecule has 18 heteroatoms. The van der Waals surface area contributed by atoms with Crippen LogP contribution in [0.25, 0.3) is 10.3 Å². The number of nitrogens with one attached hydrogen (secondary N) is 1. The lowest BCUT2D eigenvalue weighted by atomic mass is 10.1. The average Bonchev–Trinajstić information content (AvgIpc) is 3.62. The van der Waals surface area contributed by atoms with E-state index in [-0.39, 0.29) is 63.5 Å². The minimum absolute atomic E-state index is 0.0399. The number of nitro groups is 1. The number of carbonyl (C=O) groups excluding carboxylic acids is 3. The van der Waals surface area contributed by atoms with Gasteiger partial charge < -0.3 is 30.4 Å². The van der Waals surface area contributed by atoms with E-state index in [9.17, 15) is 24.5 Å². The van der Waals surface area contributed by atoms with Gasteiger partial charge in [0.15, 0.2) is 30.3 Å². The fraction of sp³-hybridized carbons (Fsp3) is 0.412. The second-order valence-corrected chi connectivity index (χ2v) is 19.2. The zero-order valence-electron chi connectivity index (χ0n) is 30.3. The Bertz CT molecular complexity index is 2090. The van der Waals surface area contributed by atoms with Gasteiger partial charge in [-0.15, -0.1) is 0 Å². The summed E-state index contributed by atoms with van der Waals surface area (Å²) in [4.78, 5) is 61.7. The van der Waals surface area contributed by atoms with Crippen LogP contribution < -0.4 is 26.3 Å². The number of rotatable bonds is 16. The van der Waals surface area contributed by atoms with E-state index in [1.54, 1.807) is 29.7 Å². The summed E-state index contributed by atoms with van der Waals surface area (Å²) in [5.74, 6) is -1.62. The highest BCUT2D eigenvalue weighted by atomic mass is 32.1. The number of hydrogen-bond acceptors (Lipinski definition) is 12. The molecule has 3 amide bonds. The maximum atomic E-state index is 13.2. The molecular weight excluding hydrogens is 709 g/mol. The van der Waals surface area contributed by atoms with Crippen molar-refractivity contribution < 1.29 is 32.9 Å². The number of anilines is 1. The summed E-state index contributed by atoms with van der Waals surface area (Å²) in [6.45, 7) is 15.2. The van der Waals surface area contributed by atoms with Crippen molar-refractivity contribution in [3.05, 3.63) is 79.9 Å². The minimum atomic E-state index is -1.97. The van der Waals surface area contributed by atoms with Crippen molar-refractivity contribution in [2.75, 3.05) is 25.1 Å². The highest BCUT2D eigenvalue weighted by Crippen LogP contribution is 2.37. The van der Waals surface area contributed by atoms with Crippen molar-refractivity contribution in [2.24, 2.45) is 16.5 Å². The van der Waals surface area contributed by atoms with Crippen molar-refractivity contribution in [1.82, 2.24) is 14.5 Å². The number of nitrogens with zero attached hydrogens (tertiary/aromatic N) is 5. The molecule has 1 aromatic carbocycles. The van der Waals surface area contributed by atoms with Crippen LogP contribution in [0.5, 0.6) is 5.75 Å². The molecule has 4 rings (SSSR count). The highest BCUT2D eigenvalue weighted by molar-refractivity contribution is 7.16. The van der Waals surface area contributed by atoms with Gasteiger partial charge >= 0.3 is 5.91 Å². The monoisotopic (exact) mass is 752 g/mol. The van der Waals surface area contributed by atoms with E-state index in [2.05, 4.69) is 54.1 Å². The Morgan fingerprint density at radius 3 is 2.48 bits per heavy atom. The Labute approximate surface area is 305 Å². The van der Waals surface area contributed by atoms with Gasteiger partial charge in [-0.25, -0.2) is 9.97 Å². The molecule has 3 aromatic heterocycles. The molecular formula is C34H44N8O8SSi. The molecule has 5 N–H and O–H groups in total. The molecule has 0 bridgehead atoms. The van der Waals surface area contributed by atoms with E-state index in [1.807, 2.05) is 6.92 Å².